The number of nitrogens with one attached hydrogen (secondary N) is 2. The summed E-state index contributed by atoms with van der Waals surface area (Å²) in [6.07, 6.45) is 4.22. The SMILES string of the molecule is CC(C)Oc1cc2nc(C3CCN(CCN4CCC(c5ccc(CN6CCC(=O)NC6=O)cc5)CC4)CC3)cn2cc1NC(=O)c1ncccc1C(F)(F)F. The Balaban J connectivity index is 0.894. The number of pyridine rings is 2. The maximum Gasteiger partial charge on any atom is 0.418 e. The molecule has 3 aliphatic rings. The molecule has 1 aromatic carbocycles. The molecule has 12 nitrogen and oxygen atoms in total. The quantitative estimate of drug-likeness (QED) is 0.183. The molecule has 3 fully saturated rings. The van der Waals surface area contributed by atoms with Crippen LogP contribution in [0.2, 0.25) is 0 Å². The van der Waals surface area contributed by atoms with Gasteiger partial charge in [-0.15, -0.1) is 0 Å². The van der Waals surface area contributed by atoms with Crippen LogP contribution in [0.5, 0.6) is 5.75 Å². The van der Waals surface area contributed by atoms with Gasteiger partial charge in [-0.2, -0.15) is 13.2 Å². The standard InChI is InChI=1S/C40H47F3N8O4/c1-26(2)55-34-22-35-45-32(24-51(35)25-33(34)46-38(53)37-31(40(41,42)43)4-3-14-44-37)30-11-17-49(18-12-30)21-20-48-15-9-29(10-16-48)28-7-5-27(6-8-28)23-50-19-13-36(52)47-39(50)54/h3-8,14,22,24-26,29-30H,9-13,15-21,23H2,1-2H3,(H,46,53)(H,47,52,54). The molecule has 292 valence electrons. The summed E-state index contributed by atoms with van der Waals surface area (Å²) in [5.74, 6) is -0.105. The number of urea groups is 1. The zero-order valence-corrected chi connectivity index (χ0v) is 31.1. The summed E-state index contributed by atoms with van der Waals surface area (Å²) in [5, 5.41) is 4.97. The summed E-state index contributed by atoms with van der Waals surface area (Å²) < 4.78 is 48.5. The first kappa shape index (κ1) is 38.3. The number of nitrogens with zero attached hydrogens (tertiary/aromatic N) is 6. The van der Waals surface area contributed by atoms with Crippen LogP contribution in [0.15, 0.2) is 61.1 Å². The molecule has 4 aromatic rings. The molecule has 0 atom stereocenters. The third kappa shape index (κ3) is 9.27. The molecule has 0 bridgehead atoms. The molecule has 3 saturated heterocycles. The maximum absolute atomic E-state index is 13.6. The van der Waals surface area contributed by atoms with E-state index in [9.17, 15) is 27.6 Å². The second kappa shape index (κ2) is 16.4. The number of benzene rings is 1. The molecule has 0 spiro atoms. The number of rotatable bonds is 11. The molecule has 6 heterocycles. The highest BCUT2D eigenvalue weighted by atomic mass is 19.4. The Hall–Kier alpha value is -5.02. The number of piperidine rings is 2. The number of carbonyl (C=O) groups is 3. The van der Waals surface area contributed by atoms with Crippen molar-refractivity contribution in [2.75, 3.05) is 51.1 Å². The van der Waals surface area contributed by atoms with Gasteiger partial charge in [0.2, 0.25) is 5.91 Å². The Morgan fingerprint density at radius 1 is 0.945 bits per heavy atom. The van der Waals surface area contributed by atoms with Crippen molar-refractivity contribution in [1.29, 1.82) is 0 Å². The molecule has 0 radical (unpaired) electrons. The predicted octanol–water partition coefficient (Wildman–Crippen LogP) is 6.29. The van der Waals surface area contributed by atoms with Gasteiger partial charge in [0.1, 0.15) is 22.8 Å². The Bertz CT molecular complexity index is 2000. The third-order valence-corrected chi connectivity index (χ3v) is 10.8. The van der Waals surface area contributed by atoms with Gasteiger partial charge in [0.15, 0.2) is 0 Å². The largest absolute Gasteiger partial charge is 0.489 e. The van der Waals surface area contributed by atoms with E-state index in [1.807, 2.05) is 20.0 Å². The summed E-state index contributed by atoms with van der Waals surface area (Å²) in [7, 11) is 0. The van der Waals surface area contributed by atoms with E-state index in [0.29, 0.717) is 36.8 Å². The number of aromatic nitrogens is 3. The fourth-order valence-electron chi connectivity index (χ4n) is 7.76. The molecule has 3 aliphatic heterocycles. The van der Waals surface area contributed by atoms with E-state index in [1.54, 1.807) is 21.6 Å². The summed E-state index contributed by atoms with van der Waals surface area (Å²) in [5.41, 5.74) is 2.38. The van der Waals surface area contributed by atoms with Gasteiger partial charge in [-0.05, 0) is 94.9 Å². The lowest BCUT2D eigenvalue weighted by atomic mass is 9.89. The minimum atomic E-state index is -4.73. The van der Waals surface area contributed by atoms with Crippen LogP contribution in [0, 0.1) is 0 Å². The van der Waals surface area contributed by atoms with Gasteiger partial charge in [-0.25, -0.2) is 9.78 Å². The second-order valence-electron chi connectivity index (χ2n) is 15.0. The fraction of sp³-hybridized carbons (Fsp3) is 0.475. The number of anilines is 1. The van der Waals surface area contributed by atoms with Gasteiger partial charge in [-0.3, -0.25) is 19.9 Å². The van der Waals surface area contributed by atoms with E-state index >= 15 is 0 Å². The van der Waals surface area contributed by atoms with Crippen LogP contribution in [0.25, 0.3) is 5.65 Å². The molecule has 0 unspecified atom stereocenters. The molecular weight excluding hydrogens is 713 g/mol. The first-order valence-corrected chi connectivity index (χ1v) is 19.0. The third-order valence-electron chi connectivity index (χ3n) is 10.8. The number of hydrogen-bond acceptors (Lipinski definition) is 8. The number of carbonyl (C=O) groups excluding carboxylic acids is 3. The number of halogens is 3. The van der Waals surface area contributed by atoms with Crippen molar-refractivity contribution in [2.45, 2.75) is 76.6 Å². The molecule has 2 N–H and O–H groups in total. The monoisotopic (exact) mass is 760 g/mol. The lowest BCUT2D eigenvalue weighted by molar-refractivity contribution is -0.138. The van der Waals surface area contributed by atoms with Gasteiger partial charge in [-0.1, -0.05) is 24.3 Å². The number of alkyl halides is 3. The maximum atomic E-state index is 13.6. The number of ether oxygens (including phenoxy) is 1. The topological polar surface area (TPSA) is 124 Å². The average Bonchev–Trinajstić information content (AvgIpc) is 3.58. The van der Waals surface area contributed by atoms with Crippen molar-refractivity contribution in [3.63, 3.8) is 0 Å². The van der Waals surface area contributed by atoms with Crippen LogP contribution in [0.3, 0.4) is 0 Å². The summed E-state index contributed by atoms with van der Waals surface area (Å²) in [6, 6.07) is 11.9. The fourth-order valence-corrected chi connectivity index (χ4v) is 7.76. The zero-order valence-electron chi connectivity index (χ0n) is 31.1. The highest BCUT2D eigenvalue weighted by Gasteiger charge is 2.36. The molecule has 0 saturated carbocycles. The van der Waals surface area contributed by atoms with Gasteiger partial charge in [0.25, 0.3) is 5.91 Å². The van der Waals surface area contributed by atoms with Crippen molar-refractivity contribution >= 4 is 29.2 Å². The van der Waals surface area contributed by atoms with Gasteiger partial charge in [0, 0.05) is 63.2 Å². The van der Waals surface area contributed by atoms with Gasteiger partial charge >= 0.3 is 12.2 Å². The van der Waals surface area contributed by atoms with Crippen molar-refractivity contribution in [3.05, 3.63) is 89.1 Å². The van der Waals surface area contributed by atoms with Crippen LogP contribution in [0.4, 0.5) is 23.7 Å². The predicted molar refractivity (Wildman–Crippen MR) is 200 cm³/mol. The van der Waals surface area contributed by atoms with Crippen LogP contribution in [-0.4, -0.2) is 98.8 Å². The minimum Gasteiger partial charge on any atom is -0.489 e. The van der Waals surface area contributed by atoms with Crippen molar-refractivity contribution in [1.82, 2.24) is 34.4 Å². The number of imide groups is 1. The van der Waals surface area contributed by atoms with Crippen molar-refractivity contribution < 1.29 is 32.3 Å². The van der Waals surface area contributed by atoms with Crippen molar-refractivity contribution in [3.8, 4) is 5.75 Å². The normalized spacial score (nSPS) is 18.3. The summed E-state index contributed by atoms with van der Waals surface area (Å²) in [4.78, 5) is 51.9. The van der Waals surface area contributed by atoms with Gasteiger partial charge in [0.05, 0.1) is 17.4 Å². The number of imidazole rings is 1. The molecular formula is C40H47F3N8O4. The van der Waals surface area contributed by atoms with Crippen LogP contribution < -0.4 is 15.4 Å². The average molecular weight is 761 g/mol. The van der Waals surface area contributed by atoms with E-state index in [1.165, 1.54) is 5.56 Å². The van der Waals surface area contributed by atoms with E-state index in [2.05, 4.69) is 49.7 Å². The Morgan fingerprint density at radius 2 is 1.62 bits per heavy atom. The number of amides is 4. The van der Waals surface area contributed by atoms with Crippen LogP contribution >= 0.6 is 0 Å². The molecule has 15 heteroatoms. The van der Waals surface area contributed by atoms with E-state index in [0.717, 1.165) is 94.5 Å². The Kier molecular flexibility index (Phi) is 11.4. The van der Waals surface area contributed by atoms with E-state index in [-0.39, 0.29) is 29.6 Å². The first-order chi connectivity index (χ1) is 26.4. The van der Waals surface area contributed by atoms with Crippen molar-refractivity contribution in [2.24, 2.45) is 0 Å². The number of fused-ring (bicyclic) bond motifs is 1. The molecule has 7 rings (SSSR count). The lowest BCUT2D eigenvalue weighted by Crippen LogP contribution is -2.48. The zero-order chi connectivity index (χ0) is 38.7. The molecule has 0 aliphatic carbocycles. The minimum absolute atomic E-state index is 0.218. The highest BCUT2D eigenvalue weighted by Crippen LogP contribution is 2.35. The number of likely N-dealkylation sites (tertiary alicyclic amines) is 2. The first-order valence-electron chi connectivity index (χ1n) is 19.0. The second-order valence-corrected chi connectivity index (χ2v) is 15.0. The smallest absolute Gasteiger partial charge is 0.418 e. The molecule has 4 amide bonds. The molecule has 3 aromatic heterocycles. The van der Waals surface area contributed by atoms with E-state index < -0.39 is 23.3 Å². The van der Waals surface area contributed by atoms with Crippen LogP contribution in [0.1, 0.15) is 90.7 Å². The van der Waals surface area contributed by atoms with Gasteiger partial charge < -0.3 is 29.2 Å². The van der Waals surface area contributed by atoms with E-state index in [4.69, 9.17) is 9.72 Å². The number of hydrogen-bond donors (Lipinski definition) is 2. The highest BCUT2D eigenvalue weighted by molar-refractivity contribution is 6.04. The Labute approximate surface area is 318 Å². The Morgan fingerprint density at radius 3 is 2.25 bits per heavy atom. The van der Waals surface area contributed by atoms with Crippen LogP contribution in [-0.2, 0) is 17.5 Å². The molecule has 55 heavy (non-hydrogen) atoms. The summed E-state index contributed by atoms with van der Waals surface area (Å²) >= 11 is 0. The summed E-state index contributed by atoms with van der Waals surface area (Å²) in [6.45, 7) is 10.7. The lowest BCUT2D eigenvalue weighted by Gasteiger charge is -2.36.